The van der Waals surface area contributed by atoms with Crippen LogP contribution in [0.4, 0.5) is 4.39 Å². The van der Waals surface area contributed by atoms with Crippen LogP contribution in [-0.2, 0) is 11.3 Å². The Hall–Kier alpha value is -2.34. The maximum Gasteiger partial charge on any atom is 0.169 e. The number of nitrogens with zero attached hydrogens (tertiary/aromatic N) is 1. The molecule has 0 atom stereocenters. The number of nitrogens with one attached hydrogen (secondary N) is 2. The molecule has 0 radical (unpaired) electrons. The summed E-state index contributed by atoms with van der Waals surface area (Å²) in [5, 5.41) is 16.1. The van der Waals surface area contributed by atoms with Gasteiger partial charge in [-0.2, -0.15) is 0 Å². The molecule has 0 heterocycles. The third-order valence-corrected chi connectivity index (χ3v) is 5.06. The van der Waals surface area contributed by atoms with E-state index >= 15 is 0 Å². The molecule has 0 aliphatic heterocycles. The van der Waals surface area contributed by atoms with Crippen LogP contribution >= 0.6 is 0 Å². The van der Waals surface area contributed by atoms with Gasteiger partial charge in [-0.05, 0) is 51.2 Å². The molecule has 6 heteroatoms. The summed E-state index contributed by atoms with van der Waals surface area (Å²) in [6.45, 7) is 11.1. The van der Waals surface area contributed by atoms with E-state index in [4.69, 9.17) is 0 Å². The number of ether oxygens (including phenoxy) is 1. The summed E-state index contributed by atoms with van der Waals surface area (Å²) in [6, 6.07) is 4.57. The Morgan fingerprint density at radius 1 is 1.19 bits per heavy atom. The van der Waals surface area contributed by atoms with Crippen molar-refractivity contribution in [2.24, 2.45) is 10.9 Å². The summed E-state index contributed by atoms with van der Waals surface area (Å²) in [4.78, 5) is 4.34. The Labute approximate surface area is 194 Å². The average Bonchev–Trinajstić information content (AvgIpc) is 2.81. The first kappa shape index (κ1) is 29.7. The number of methoxy groups -OCH3 is 1. The van der Waals surface area contributed by atoms with Crippen molar-refractivity contribution in [2.75, 3.05) is 20.8 Å². The summed E-state index contributed by atoms with van der Waals surface area (Å²) in [5.41, 5.74) is 2.60. The van der Waals surface area contributed by atoms with Crippen molar-refractivity contribution in [3.63, 3.8) is 0 Å². The van der Waals surface area contributed by atoms with Crippen molar-refractivity contribution in [3.8, 4) is 5.75 Å². The molecule has 182 valence electrons. The highest BCUT2D eigenvalue weighted by molar-refractivity contribution is 5.80. The van der Waals surface area contributed by atoms with Crippen molar-refractivity contribution in [3.05, 3.63) is 53.1 Å². The first-order chi connectivity index (χ1) is 15.4. The fraction of sp³-hybridized carbons (Fsp3) is 0.577. The number of aliphatic imine (C=N–C) groups is 1. The highest BCUT2D eigenvalue weighted by Gasteiger charge is 2.13. The van der Waals surface area contributed by atoms with E-state index in [1.807, 2.05) is 33.9 Å². The van der Waals surface area contributed by atoms with Gasteiger partial charge in [0.25, 0.3) is 0 Å². The van der Waals surface area contributed by atoms with E-state index in [-0.39, 0.29) is 12.3 Å². The lowest BCUT2D eigenvalue weighted by Crippen LogP contribution is -2.25. The third kappa shape index (κ3) is 11.9. The molecule has 1 saturated carbocycles. The quantitative estimate of drug-likeness (QED) is 0.259. The molecule has 3 N–H and O–H groups in total. The SMILES string of the molecule is C/C=C(NCC1CCCCC1)/C(C)=C\NC(C)=NCc1cccc(O)c1F.CC.COC. The second-order valence-electron chi connectivity index (χ2n) is 7.62. The summed E-state index contributed by atoms with van der Waals surface area (Å²) >= 11 is 0. The molecule has 0 unspecified atom stereocenters. The van der Waals surface area contributed by atoms with Gasteiger partial charge in [-0.15, -0.1) is 0 Å². The zero-order chi connectivity index (χ0) is 24.4. The van der Waals surface area contributed by atoms with Gasteiger partial charge in [-0.25, -0.2) is 4.39 Å². The van der Waals surface area contributed by atoms with Crippen LogP contribution in [0.25, 0.3) is 0 Å². The van der Waals surface area contributed by atoms with Crippen LogP contribution in [0, 0.1) is 11.7 Å². The highest BCUT2D eigenvalue weighted by atomic mass is 19.1. The van der Waals surface area contributed by atoms with Crippen LogP contribution < -0.4 is 10.6 Å². The van der Waals surface area contributed by atoms with Gasteiger partial charge in [0, 0.05) is 38.2 Å². The number of phenols is 1. The Kier molecular flexibility index (Phi) is 16.9. The van der Waals surface area contributed by atoms with E-state index in [1.54, 1.807) is 26.4 Å². The Morgan fingerprint density at radius 3 is 2.41 bits per heavy atom. The number of allylic oxidation sites excluding steroid dienone is 2. The minimum atomic E-state index is -0.608. The molecule has 0 saturated heterocycles. The first-order valence-electron chi connectivity index (χ1n) is 11.6. The molecule has 1 fully saturated rings. The van der Waals surface area contributed by atoms with Gasteiger partial charge in [0.05, 0.1) is 12.4 Å². The molecule has 1 aliphatic rings. The van der Waals surface area contributed by atoms with E-state index in [0.717, 1.165) is 23.7 Å². The summed E-state index contributed by atoms with van der Waals surface area (Å²) in [6.07, 6.45) is 10.7. The minimum absolute atomic E-state index is 0.183. The fourth-order valence-corrected chi connectivity index (χ4v) is 3.34. The van der Waals surface area contributed by atoms with Gasteiger partial charge >= 0.3 is 0 Å². The lowest BCUT2D eigenvalue weighted by molar-refractivity contribution is 0.277. The Balaban J connectivity index is 0.00000177. The largest absolute Gasteiger partial charge is 0.505 e. The van der Waals surface area contributed by atoms with E-state index < -0.39 is 5.82 Å². The Bertz CT molecular complexity index is 724. The van der Waals surface area contributed by atoms with Gasteiger partial charge in [-0.1, -0.05) is 51.3 Å². The third-order valence-electron chi connectivity index (χ3n) is 5.06. The molecular weight excluding hydrogens is 405 g/mol. The van der Waals surface area contributed by atoms with Gasteiger partial charge < -0.3 is 20.5 Å². The lowest BCUT2D eigenvalue weighted by atomic mass is 9.89. The molecule has 0 aromatic heterocycles. The smallest absolute Gasteiger partial charge is 0.169 e. The van der Waals surface area contributed by atoms with Crippen LogP contribution in [0.3, 0.4) is 0 Å². The molecular formula is C26H44FN3O2. The van der Waals surface area contributed by atoms with Crippen LogP contribution in [0.2, 0.25) is 0 Å². The van der Waals surface area contributed by atoms with Crippen molar-refractivity contribution < 1.29 is 14.2 Å². The number of benzene rings is 1. The van der Waals surface area contributed by atoms with Crippen molar-refractivity contribution in [1.29, 1.82) is 0 Å². The van der Waals surface area contributed by atoms with Gasteiger partial charge in [-0.3, -0.25) is 4.99 Å². The number of rotatable bonds is 7. The molecule has 2 rings (SSSR count). The molecule has 5 nitrogen and oxygen atoms in total. The molecule has 1 aromatic carbocycles. The molecule has 0 spiro atoms. The van der Waals surface area contributed by atoms with Crippen molar-refractivity contribution in [1.82, 2.24) is 10.6 Å². The van der Waals surface area contributed by atoms with Crippen LogP contribution in [0.15, 0.2) is 46.7 Å². The van der Waals surface area contributed by atoms with E-state index in [0.29, 0.717) is 11.4 Å². The molecule has 0 amide bonds. The zero-order valence-corrected chi connectivity index (χ0v) is 21.1. The van der Waals surface area contributed by atoms with E-state index in [1.165, 1.54) is 38.2 Å². The second kappa shape index (κ2) is 18.3. The number of amidine groups is 1. The standard InChI is InChI=1S/C22H32FN3O.C2H6O.C2H6/c1-4-20(26-14-18-9-6-5-7-10-18)16(2)13-24-17(3)25-15-19-11-8-12-21(27)22(19)23;1-3-2;1-2/h4,8,11-13,18,26-27H,5-7,9-10,14-15H2,1-3H3,(H,24,25);1-2H3;1-2H3/b16-13-,20-4-;;. The second-order valence-corrected chi connectivity index (χ2v) is 7.62. The number of hydrogen-bond donors (Lipinski definition) is 3. The van der Waals surface area contributed by atoms with E-state index in [2.05, 4.69) is 33.4 Å². The van der Waals surface area contributed by atoms with Crippen molar-refractivity contribution >= 4 is 5.84 Å². The normalized spacial score (nSPS) is 15.2. The lowest BCUT2D eigenvalue weighted by Gasteiger charge is -2.23. The average molecular weight is 450 g/mol. The van der Waals surface area contributed by atoms with Crippen LogP contribution in [0.5, 0.6) is 5.75 Å². The van der Waals surface area contributed by atoms with Crippen LogP contribution in [0.1, 0.15) is 72.3 Å². The number of hydrogen-bond acceptors (Lipinski definition) is 4. The zero-order valence-electron chi connectivity index (χ0n) is 21.1. The van der Waals surface area contributed by atoms with Gasteiger partial charge in [0.1, 0.15) is 0 Å². The van der Waals surface area contributed by atoms with E-state index in [9.17, 15) is 9.50 Å². The first-order valence-corrected chi connectivity index (χ1v) is 11.6. The maximum atomic E-state index is 13.8. The predicted molar refractivity (Wildman–Crippen MR) is 134 cm³/mol. The van der Waals surface area contributed by atoms with Gasteiger partial charge in [0.15, 0.2) is 11.6 Å². The van der Waals surface area contributed by atoms with Crippen molar-refractivity contribution in [2.45, 2.75) is 73.3 Å². The number of phenolic OH excluding ortho intramolecular Hbond substituents is 1. The number of halogens is 1. The monoisotopic (exact) mass is 449 g/mol. The molecule has 0 bridgehead atoms. The molecule has 1 aromatic rings. The van der Waals surface area contributed by atoms with Crippen LogP contribution in [-0.4, -0.2) is 31.7 Å². The topological polar surface area (TPSA) is 65.9 Å². The summed E-state index contributed by atoms with van der Waals surface area (Å²) < 4.78 is 18.0. The molecule has 32 heavy (non-hydrogen) atoms. The molecule has 1 aliphatic carbocycles. The highest BCUT2D eigenvalue weighted by Crippen LogP contribution is 2.23. The minimum Gasteiger partial charge on any atom is -0.505 e. The maximum absolute atomic E-state index is 13.8. The predicted octanol–water partition coefficient (Wildman–Crippen LogP) is 6.31. The summed E-state index contributed by atoms with van der Waals surface area (Å²) in [7, 11) is 3.25. The fourth-order valence-electron chi connectivity index (χ4n) is 3.34. The summed E-state index contributed by atoms with van der Waals surface area (Å²) in [5.74, 6) is 0.518. The van der Waals surface area contributed by atoms with Gasteiger partial charge in [0.2, 0.25) is 0 Å². The Morgan fingerprint density at radius 2 is 1.81 bits per heavy atom. The number of aromatic hydroxyl groups is 1.